The van der Waals surface area contributed by atoms with Gasteiger partial charge in [-0.2, -0.15) is 0 Å². The van der Waals surface area contributed by atoms with Gasteiger partial charge in [0.2, 0.25) is 0 Å². The quantitative estimate of drug-likeness (QED) is 0.701. The second kappa shape index (κ2) is 5.25. The summed E-state index contributed by atoms with van der Waals surface area (Å²) < 4.78 is 0. The van der Waals surface area contributed by atoms with E-state index < -0.39 is 0 Å². The van der Waals surface area contributed by atoms with Gasteiger partial charge in [0.1, 0.15) is 0 Å². The van der Waals surface area contributed by atoms with Crippen LogP contribution in [0.3, 0.4) is 0 Å². The first kappa shape index (κ1) is 12.7. The molecular weight excluding hydrogens is 214 g/mol. The average molecular weight is 239 g/mol. The van der Waals surface area contributed by atoms with Crippen LogP contribution in [0.2, 0.25) is 0 Å². The van der Waals surface area contributed by atoms with Crippen LogP contribution in [0.1, 0.15) is 46.0 Å². The molecule has 1 saturated heterocycles. The molecule has 2 fully saturated rings. The minimum atomic E-state index is 0.00861. The highest BCUT2D eigenvalue weighted by Gasteiger charge is 2.45. The fourth-order valence-corrected chi connectivity index (χ4v) is 3.08. The molecule has 2 rings (SSSR count). The van der Waals surface area contributed by atoms with Crippen molar-refractivity contribution in [3.63, 3.8) is 0 Å². The molecule has 0 aromatic rings. The first-order valence-electron chi connectivity index (χ1n) is 6.92. The van der Waals surface area contributed by atoms with Crippen molar-refractivity contribution in [2.45, 2.75) is 57.5 Å². The lowest BCUT2D eigenvalue weighted by molar-refractivity contribution is 0.193. The molecule has 4 nitrogen and oxygen atoms in total. The molecule has 0 radical (unpaired) electrons. The number of amides is 2. The van der Waals surface area contributed by atoms with Crippen molar-refractivity contribution < 1.29 is 4.79 Å². The first-order chi connectivity index (χ1) is 8.12. The number of carbonyl (C=O) groups is 1. The summed E-state index contributed by atoms with van der Waals surface area (Å²) in [5.41, 5.74) is 0.0271. The van der Waals surface area contributed by atoms with Crippen LogP contribution in [0, 0.1) is 5.92 Å². The van der Waals surface area contributed by atoms with Gasteiger partial charge in [-0.15, -0.1) is 0 Å². The van der Waals surface area contributed by atoms with Gasteiger partial charge in [-0.25, -0.2) is 4.79 Å². The van der Waals surface area contributed by atoms with E-state index in [-0.39, 0.29) is 11.6 Å². The van der Waals surface area contributed by atoms with Crippen LogP contribution in [0.5, 0.6) is 0 Å². The fraction of sp³-hybridized carbons (Fsp3) is 0.923. The molecule has 2 amide bonds. The van der Waals surface area contributed by atoms with E-state index in [1.165, 1.54) is 19.3 Å². The lowest BCUT2D eigenvalue weighted by atomic mass is 9.78. The van der Waals surface area contributed by atoms with E-state index in [4.69, 9.17) is 0 Å². The molecule has 98 valence electrons. The minimum Gasteiger partial charge on any atom is -0.338 e. The van der Waals surface area contributed by atoms with Crippen molar-refractivity contribution in [1.82, 2.24) is 16.0 Å². The van der Waals surface area contributed by atoms with Crippen LogP contribution in [0.15, 0.2) is 0 Å². The van der Waals surface area contributed by atoms with Crippen molar-refractivity contribution in [1.29, 1.82) is 0 Å². The molecule has 0 aromatic carbocycles. The van der Waals surface area contributed by atoms with Gasteiger partial charge in [0.15, 0.2) is 0 Å². The fourth-order valence-electron chi connectivity index (χ4n) is 3.08. The van der Waals surface area contributed by atoms with Crippen LogP contribution in [-0.2, 0) is 0 Å². The summed E-state index contributed by atoms with van der Waals surface area (Å²) >= 11 is 0. The first-order valence-corrected chi connectivity index (χ1v) is 6.92. The van der Waals surface area contributed by atoms with Gasteiger partial charge < -0.3 is 16.0 Å². The number of rotatable bonds is 3. The van der Waals surface area contributed by atoms with Gasteiger partial charge >= 0.3 is 6.03 Å². The van der Waals surface area contributed by atoms with Crippen LogP contribution in [0.4, 0.5) is 4.79 Å². The van der Waals surface area contributed by atoms with Crippen molar-refractivity contribution in [3.05, 3.63) is 0 Å². The largest absolute Gasteiger partial charge is 0.338 e. The highest BCUT2D eigenvalue weighted by molar-refractivity contribution is 5.75. The average Bonchev–Trinajstić information content (AvgIpc) is 2.69. The normalized spacial score (nSPS) is 32.3. The van der Waals surface area contributed by atoms with Gasteiger partial charge in [-0.1, -0.05) is 26.7 Å². The van der Waals surface area contributed by atoms with E-state index in [2.05, 4.69) is 29.8 Å². The number of fused-ring (bicyclic) bond motifs is 1. The number of nitrogens with one attached hydrogen (secondary N) is 3. The summed E-state index contributed by atoms with van der Waals surface area (Å²) in [7, 11) is 0. The number of hydrogen-bond acceptors (Lipinski definition) is 2. The van der Waals surface area contributed by atoms with E-state index in [9.17, 15) is 4.79 Å². The highest BCUT2D eigenvalue weighted by Crippen LogP contribution is 2.34. The monoisotopic (exact) mass is 239 g/mol. The molecule has 3 N–H and O–H groups in total. The number of carbonyl (C=O) groups excluding carboxylic acids is 1. The second-order valence-corrected chi connectivity index (χ2v) is 5.89. The van der Waals surface area contributed by atoms with Crippen molar-refractivity contribution in [2.24, 2.45) is 5.92 Å². The molecule has 17 heavy (non-hydrogen) atoms. The third-order valence-electron chi connectivity index (χ3n) is 4.03. The summed E-state index contributed by atoms with van der Waals surface area (Å²) in [6.07, 6.45) is 5.92. The van der Waals surface area contributed by atoms with E-state index in [1.807, 2.05) is 0 Å². The molecule has 1 aliphatic heterocycles. The third-order valence-corrected chi connectivity index (χ3v) is 4.03. The predicted molar refractivity (Wildman–Crippen MR) is 69.0 cm³/mol. The molecule has 0 aromatic heterocycles. The van der Waals surface area contributed by atoms with Crippen LogP contribution in [0.25, 0.3) is 0 Å². The van der Waals surface area contributed by atoms with E-state index >= 15 is 0 Å². The SMILES string of the molecule is CC(C)CNC(=O)NC12CCCCC1NCC2. The Morgan fingerprint density at radius 2 is 2.24 bits per heavy atom. The van der Waals surface area contributed by atoms with Crippen molar-refractivity contribution in [3.8, 4) is 0 Å². The number of urea groups is 1. The lowest BCUT2D eigenvalue weighted by Gasteiger charge is -2.39. The van der Waals surface area contributed by atoms with Crippen molar-refractivity contribution >= 4 is 6.03 Å². The topological polar surface area (TPSA) is 53.2 Å². The molecule has 2 atom stereocenters. The van der Waals surface area contributed by atoms with Crippen LogP contribution in [-0.4, -0.2) is 30.7 Å². The Morgan fingerprint density at radius 1 is 1.41 bits per heavy atom. The molecule has 2 unspecified atom stereocenters. The Labute approximate surface area is 104 Å². The summed E-state index contributed by atoms with van der Waals surface area (Å²) in [5.74, 6) is 0.502. The summed E-state index contributed by atoms with van der Waals surface area (Å²) in [6, 6.07) is 0.496. The molecule has 4 heteroatoms. The molecule has 0 spiro atoms. The van der Waals surface area contributed by atoms with Crippen LogP contribution < -0.4 is 16.0 Å². The maximum absolute atomic E-state index is 11.9. The maximum Gasteiger partial charge on any atom is 0.315 e. The Bertz CT molecular complexity index is 280. The third kappa shape index (κ3) is 2.92. The van der Waals surface area contributed by atoms with Crippen molar-refractivity contribution in [2.75, 3.05) is 13.1 Å². The van der Waals surface area contributed by atoms with E-state index in [0.29, 0.717) is 12.0 Å². The zero-order valence-corrected chi connectivity index (χ0v) is 11.0. The minimum absolute atomic E-state index is 0.00861. The van der Waals surface area contributed by atoms with Gasteiger partial charge in [-0.3, -0.25) is 0 Å². The summed E-state index contributed by atoms with van der Waals surface area (Å²) in [5, 5.41) is 9.72. The molecule has 2 aliphatic rings. The zero-order chi connectivity index (χ0) is 12.3. The van der Waals surface area contributed by atoms with Crippen LogP contribution >= 0.6 is 0 Å². The number of hydrogen-bond donors (Lipinski definition) is 3. The highest BCUT2D eigenvalue weighted by atomic mass is 16.2. The molecular formula is C13H25N3O. The molecule has 1 aliphatic carbocycles. The second-order valence-electron chi connectivity index (χ2n) is 5.89. The Balaban J connectivity index is 1.89. The molecule has 1 heterocycles. The zero-order valence-electron chi connectivity index (χ0n) is 11.0. The van der Waals surface area contributed by atoms with Gasteiger partial charge in [0.25, 0.3) is 0 Å². The van der Waals surface area contributed by atoms with Gasteiger partial charge in [0.05, 0.1) is 5.54 Å². The molecule has 1 saturated carbocycles. The van der Waals surface area contributed by atoms with Gasteiger partial charge in [0, 0.05) is 12.6 Å². The summed E-state index contributed by atoms with van der Waals surface area (Å²) in [4.78, 5) is 11.9. The predicted octanol–water partition coefficient (Wildman–Crippen LogP) is 1.62. The molecule has 0 bridgehead atoms. The Morgan fingerprint density at radius 3 is 3.00 bits per heavy atom. The van der Waals surface area contributed by atoms with Gasteiger partial charge in [-0.05, 0) is 31.7 Å². The maximum atomic E-state index is 11.9. The van der Waals surface area contributed by atoms with E-state index in [0.717, 1.165) is 25.9 Å². The summed E-state index contributed by atoms with van der Waals surface area (Å²) in [6.45, 7) is 6.01. The van der Waals surface area contributed by atoms with E-state index in [1.54, 1.807) is 0 Å². The standard InChI is InChI=1S/C13H25N3O/c1-10(2)9-15-12(17)16-13-6-4-3-5-11(13)14-8-7-13/h10-11,14H,3-9H2,1-2H3,(H2,15,16,17). The Kier molecular flexibility index (Phi) is 3.92. The smallest absolute Gasteiger partial charge is 0.315 e. The lowest BCUT2D eigenvalue weighted by Crippen LogP contribution is -2.59. The Hall–Kier alpha value is -0.770.